The van der Waals surface area contributed by atoms with E-state index in [9.17, 15) is 4.79 Å². The molecule has 122 valence electrons. The van der Waals surface area contributed by atoms with E-state index in [1.54, 1.807) is 12.0 Å². The first kappa shape index (κ1) is 16.3. The van der Waals surface area contributed by atoms with Crippen LogP contribution in [0.25, 0.3) is 10.8 Å². The molecule has 0 aromatic heterocycles. The SMILES string of the molecule is COc1ccc(CN(C(=O)CCl)c2cccc3ccccc23)cc1. The molecule has 3 aromatic carbocycles. The highest BCUT2D eigenvalue weighted by Crippen LogP contribution is 2.28. The van der Waals surface area contributed by atoms with Crippen molar-refractivity contribution in [2.24, 2.45) is 0 Å². The predicted molar refractivity (Wildman–Crippen MR) is 98.9 cm³/mol. The van der Waals surface area contributed by atoms with Crippen LogP contribution in [0.4, 0.5) is 5.69 Å². The molecule has 0 aliphatic carbocycles. The average Bonchev–Trinajstić information content (AvgIpc) is 2.65. The molecule has 4 heteroatoms. The number of methoxy groups -OCH3 is 1. The van der Waals surface area contributed by atoms with Gasteiger partial charge in [0.25, 0.3) is 0 Å². The Morgan fingerprint density at radius 3 is 2.42 bits per heavy atom. The van der Waals surface area contributed by atoms with Crippen LogP contribution in [0.5, 0.6) is 5.75 Å². The number of hydrogen-bond acceptors (Lipinski definition) is 2. The van der Waals surface area contributed by atoms with Crippen LogP contribution in [0.3, 0.4) is 0 Å². The Bertz CT molecular complexity index is 840. The molecular weight excluding hydrogens is 322 g/mol. The van der Waals surface area contributed by atoms with Gasteiger partial charge in [0.2, 0.25) is 5.91 Å². The number of fused-ring (bicyclic) bond motifs is 1. The van der Waals surface area contributed by atoms with Gasteiger partial charge in [-0.2, -0.15) is 0 Å². The first-order chi connectivity index (χ1) is 11.7. The highest BCUT2D eigenvalue weighted by Gasteiger charge is 2.17. The summed E-state index contributed by atoms with van der Waals surface area (Å²) in [4.78, 5) is 14.2. The van der Waals surface area contributed by atoms with Crippen LogP contribution in [-0.2, 0) is 11.3 Å². The molecule has 0 unspecified atom stereocenters. The second-order valence-electron chi connectivity index (χ2n) is 5.46. The highest BCUT2D eigenvalue weighted by atomic mass is 35.5. The molecule has 0 atom stereocenters. The van der Waals surface area contributed by atoms with Gasteiger partial charge in [-0.05, 0) is 29.1 Å². The van der Waals surface area contributed by atoms with Crippen molar-refractivity contribution in [1.82, 2.24) is 0 Å². The van der Waals surface area contributed by atoms with Gasteiger partial charge in [0.15, 0.2) is 0 Å². The molecule has 0 radical (unpaired) electrons. The van der Waals surface area contributed by atoms with Crippen molar-refractivity contribution in [2.45, 2.75) is 6.54 Å². The van der Waals surface area contributed by atoms with Gasteiger partial charge >= 0.3 is 0 Å². The van der Waals surface area contributed by atoms with Crippen LogP contribution in [0, 0.1) is 0 Å². The number of ether oxygens (including phenoxy) is 1. The zero-order valence-corrected chi connectivity index (χ0v) is 14.2. The molecule has 0 N–H and O–H groups in total. The molecule has 0 saturated heterocycles. The van der Waals surface area contributed by atoms with Crippen molar-refractivity contribution in [3.05, 3.63) is 72.3 Å². The zero-order chi connectivity index (χ0) is 16.9. The third kappa shape index (κ3) is 3.36. The van der Waals surface area contributed by atoms with Gasteiger partial charge < -0.3 is 9.64 Å². The topological polar surface area (TPSA) is 29.5 Å². The minimum atomic E-state index is -0.121. The van der Waals surface area contributed by atoms with Crippen LogP contribution in [0.1, 0.15) is 5.56 Å². The number of alkyl halides is 1. The molecule has 3 aromatic rings. The van der Waals surface area contributed by atoms with Gasteiger partial charge in [-0.25, -0.2) is 0 Å². The molecule has 0 fully saturated rings. The van der Waals surface area contributed by atoms with Crippen molar-refractivity contribution in [2.75, 3.05) is 17.9 Å². The zero-order valence-electron chi connectivity index (χ0n) is 13.4. The lowest BCUT2D eigenvalue weighted by Crippen LogP contribution is -2.31. The molecular formula is C20H18ClNO2. The smallest absolute Gasteiger partial charge is 0.242 e. The van der Waals surface area contributed by atoms with E-state index < -0.39 is 0 Å². The Morgan fingerprint density at radius 1 is 1.00 bits per heavy atom. The molecule has 24 heavy (non-hydrogen) atoms. The lowest BCUT2D eigenvalue weighted by atomic mass is 10.1. The van der Waals surface area contributed by atoms with Crippen LogP contribution < -0.4 is 9.64 Å². The Morgan fingerprint density at radius 2 is 1.71 bits per heavy atom. The van der Waals surface area contributed by atoms with Crippen LogP contribution in [-0.4, -0.2) is 18.9 Å². The fraction of sp³-hybridized carbons (Fsp3) is 0.150. The van der Waals surface area contributed by atoms with Gasteiger partial charge in [-0.1, -0.05) is 48.5 Å². The third-order valence-corrected chi connectivity index (χ3v) is 4.20. The molecule has 1 amide bonds. The minimum Gasteiger partial charge on any atom is -0.497 e. The lowest BCUT2D eigenvalue weighted by molar-refractivity contribution is -0.116. The third-order valence-electron chi connectivity index (χ3n) is 3.97. The number of halogens is 1. The Balaban J connectivity index is 2.00. The second kappa shape index (κ2) is 7.37. The highest BCUT2D eigenvalue weighted by molar-refractivity contribution is 6.29. The second-order valence-corrected chi connectivity index (χ2v) is 5.73. The van der Waals surface area contributed by atoms with Crippen molar-refractivity contribution < 1.29 is 9.53 Å². The largest absolute Gasteiger partial charge is 0.497 e. The summed E-state index contributed by atoms with van der Waals surface area (Å²) in [5.41, 5.74) is 1.89. The molecule has 3 rings (SSSR count). The maximum Gasteiger partial charge on any atom is 0.242 e. The average molecular weight is 340 g/mol. The number of amides is 1. The van der Waals surface area contributed by atoms with Crippen LogP contribution in [0.15, 0.2) is 66.7 Å². The molecule has 0 spiro atoms. The van der Waals surface area contributed by atoms with Gasteiger partial charge in [-0.3, -0.25) is 4.79 Å². The predicted octanol–water partition coefficient (Wildman–Crippen LogP) is 4.62. The summed E-state index contributed by atoms with van der Waals surface area (Å²) < 4.78 is 5.18. The molecule has 0 saturated carbocycles. The fourth-order valence-electron chi connectivity index (χ4n) is 2.74. The maximum atomic E-state index is 12.5. The van der Waals surface area contributed by atoms with Gasteiger partial charge in [0.05, 0.1) is 19.3 Å². The maximum absolute atomic E-state index is 12.5. The van der Waals surface area contributed by atoms with Crippen molar-refractivity contribution in [1.29, 1.82) is 0 Å². The summed E-state index contributed by atoms with van der Waals surface area (Å²) in [6, 6.07) is 21.7. The Kier molecular flexibility index (Phi) is 5.02. The first-order valence-corrected chi connectivity index (χ1v) is 8.23. The number of nitrogens with zero attached hydrogens (tertiary/aromatic N) is 1. The first-order valence-electron chi connectivity index (χ1n) is 7.70. The normalized spacial score (nSPS) is 10.6. The van der Waals surface area contributed by atoms with E-state index in [0.717, 1.165) is 27.8 Å². The summed E-state index contributed by atoms with van der Waals surface area (Å²) in [6.45, 7) is 0.462. The van der Waals surface area contributed by atoms with Gasteiger partial charge in [0, 0.05) is 5.39 Å². The van der Waals surface area contributed by atoms with E-state index in [-0.39, 0.29) is 11.8 Å². The summed E-state index contributed by atoms with van der Waals surface area (Å²) in [5, 5.41) is 2.13. The van der Waals surface area contributed by atoms with E-state index in [0.29, 0.717) is 6.54 Å². The monoisotopic (exact) mass is 339 g/mol. The van der Waals surface area contributed by atoms with E-state index in [4.69, 9.17) is 16.3 Å². The summed E-state index contributed by atoms with van der Waals surface area (Å²) >= 11 is 5.85. The van der Waals surface area contributed by atoms with Crippen LogP contribution in [0.2, 0.25) is 0 Å². The van der Waals surface area contributed by atoms with E-state index in [1.807, 2.05) is 66.7 Å². The van der Waals surface area contributed by atoms with Crippen LogP contribution >= 0.6 is 11.6 Å². The van der Waals surface area contributed by atoms with E-state index in [1.165, 1.54) is 0 Å². The molecule has 3 nitrogen and oxygen atoms in total. The quantitative estimate of drug-likeness (QED) is 0.635. The number of benzene rings is 3. The van der Waals surface area contributed by atoms with Crippen molar-refractivity contribution in [3.8, 4) is 5.75 Å². The minimum absolute atomic E-state index is 0.0562. The molecule has 0 bridgehead atoms. The summed E-state index contributed by atoms with van der Waals surface area (Å²) in [5.74, 6) is 0.613. The number of hydrogen-bond donors (Lipinski definition) is 0. The fourth-order valence-corrected chi connectivity index (χ4v) is 2.88. The Hall–Kier alpha value is -2.52. The molecule has 0 aliphatic heterocycles. The van der Waals surface area contributed by atoms with Gasteiger partial charge in [0.1, 0.15) is 11.6 Å². The molecule has 0 heterocycles. The summed E-state index contributed by atoms with van der Waals surface area (Å²) in [6.07, 6.45) is 0. The molecule has 0 aliphatic rings. The number of carbonyl (C=O) groups excluding carboxylic acids is 1. The standard InChI is InChI=1S/C20H18ClNO2/c1-24-17-11-9-15(10-12-17)14-22(20(23)13-21)19-8-4-6-16-5-2-3-7-18(16)19/h2-12H,13-14H2,1H3. The summed E-state index contributed by atoms with van der Waals surface area (Å²) in [7, 11) is 1.63. The number of rotatable bonds is 5. The van der Waals surface area contributed by atoms with E-state index >= 15 is 0 Å². The number of anilines is 1. The Labute approximate surface area is 146 Å². The van der Waals surface area contributed by atoms with Crippen molar-refractivity contribution >= 4 is 34.0 Å². The van der Waals surface area contributed by atoms with Gasteiger partial charge in [-0.15, -0.1) is 11.6 Å². The van der Waals surface area contributed by atoms with Crippen molar-refractivity contribution in [3.63, 3.8) is 0 Å². The lowest BCUT2D eigenvalue weighted by Gasteiger charge is -2.24. The van der Waals surface area contributed by atoms with E-state index in [2.05, 4.69) is 0 Å². The number of carbonyl (C=O) groups is 1.